The molecule has 1 aromatic rings. The fraction of sp³-hybridized carbons (Fsp3) is 0.533. The number of halogens is 3. The first kappa shape index (κ1) is 16.9. The molecule has 116 valence electrons. The smallest absolute Gasteiger partial charge is 0.242 e. The van der Waals surface area contributed by atoms with Crippen molar-refractivity contribution < 1.29 is 4.79 Å². The van der Waals surface area contributed by atoms with Gasteiger partial charge < -0.3 is 10.6 Å². The summed E-state index contributed by atoms with van der Waals surface area (Å²) in [5.74, 6) is 0.0756. The molecule has 0 spiro atoms. The van der Waals surface area contributed by atoms with Gasteiger partial charge in [0, 0.05) is 23.1 Å². The minimum atomic E-state index is -0.656. The van der Waals surface area contributed by atoms with Gasteiger partial charge in [0.2, 0.25) is 5.91 Å². The number of benzene rings is 1. The summed E-state index contributed by atoms with van der Waals surface area (Å²) in [6.45, 7) is 1.24. The lowest BCUT2D eigenvalue weighted by molar-refractivity contribution is -0.137. The van der Waals surface area contributed by atoms with E-state index < -0.39 is 5.54 Å². The van der Waals surface area contributed by atoms with Gasteiger partial charge in [0.05, 0.1) is 5.54 Å². The first-order chi connectivity index (χ1) is 9.49. The zero-order valence-corrected chi connectivity index (χ0v) is 14.0. The Morgan fingerprint density at radius 1 is 1.24 bits per heavy atom. The fourth-order valence-electron chi connectivity index (χ4n) is 3.29. The van der Waals surface area contributed by atoms with Gasteiger partial charge in [-0.15, -0.1) is 12.4 Å². The van der Waals surface area contributed by atoms with Crippen molar-refractivity contribution in [1.82, 2.24) is 4.90 Å². The Morgan fingerprint density at radius 2 is 1.90 bits per heavy atom. The van der Waals surface area contributed by atoms with Crippen LogP contribution in [0.3, 0.4) is 0 Å². The van der Waals surface area contributed by atoms with E-state index in [0.717, 1.165) is 43.2 Å². The van der Waals surface area contributed by atoms with Crippen molar-refractivity contribution in [2.45, 2.75) is 44.2 Å². The van der Waals surface area contributed by atoms with Crippen LogP contribution in [-0.2, 0) is 17.8 Å². The van der Waals surface area contributed by atoms with Crippen molar-refractivity contribution >= 4 is 41.5 Å². The van der Waals surface area contributed by atoms with Gasteiger partial charge >= 0.3 is 0 Å². The van der Waals surface area contributed by atoms with Gasteiger partial charge in [-0.2, -0.15) is 0 Å². The second-order valence-electron chi connectivity index (χ2n) is 5.87. The highest BCUT2D eigenvalue weighted by molar-refractivity contribution is 6.35. The molecule has 3 nitrogen and oxygen atoms in total. The number of carbonyl (C=O) groups excluding carboxylic acids is 1. The van der Waals surface area contributed by atoms with Gasteiger partial charge in [0.15, 0.2) is 0 Å². The van der Waals surface area contributed by atoms with E-state index in [1.165, 1.54) is 0 Å². The summed E-state index contributed by atoms with van der Waals surface area (Å²) >= 11 is 12.3. The molecule has 2 N–H and O–H groups in total. The van der Waals surface area contributed by atoms with Crippen molar-refractivity contribution in [2.24, 2.45) is 5.73 Å². The minimum absolute atomic E-state index is 0. The van der Waals surface area contributed by atoms with Gasteiger partial charge in [0.1, 0.15) is 0 Å². The molecule has 0 bridgehead atoms. The number of fused-ring (bicyclic) bond motifs is 1. The van der Waals surface area contributed by atoms with Crippen LogP contribution in [0.4, 0.5) is 0 Å². The number of amides is 1. The van der Waals surface area contributed by atoms with Crippen molar-refractivity contribution in [1.29, 1.82) is 0 Å². The molecule has 1 fully saturated rings. The Hall–Kier alpha value is -0.480. The highest BCUT2D eigenvalue weighted by Gasteiger charge is 2.40. The lowest BCUT2D eigenvalue weighted by atomic mass is 9.93. The zero-order chi connectivity index (χ0) is 14.3. The molecule has 1 heterocycles. The van der Waals surface area contributed by atoms with Crippen LogP contribution >= 0.6 is 35.6 Å². The van der Waals surface area contributed by atoms with E-state index in [2.05, 4.69) is 0 Å². The normalized spacial score (nSPS) is 19.9. The number of nitrogens with zero attached hydrogens (tertiary/aromatic N) is 1. The van der Waals surface area contributed by atoms with E-state index in [1.807, 2.05) is 11.0 Å². The van der Waals surface area contributed by atoms with Crippen LogP contribution < -0.4 is 5.73 Å². The topological polar surface area (TPSA) is 46.3 Å². The van der Waals surface area contributed by atoms with Crippen molar-refractivity contribution in [3.63, 3.8) is 0 Å². The highest BCUT2D eigenvalue weighted by Crippen LogP contribution is 2.33. The summed E-state index contributed by atoms with van der Waals surface area (Å²) in [6, 6.07) is 3.68. The Morgan fingerprint density at radius 3 is 2.57 bits per heavy atom. The second kappa shape index (κ2) is 6.33. The molecular formula is C15H19Cl3N2O. The van der Waals surface area contributed by atoms with E-state index >= 15 is 0 Å². The fourth-order valence-corrected chi connectivity index (χ4v) is 3.89. The Labute approximate surface area is 141 Å². The van der Waals surface area contributed by atoms with Crippen LogP contribution in [0.2, 0.25) is 10.0 Å². The summed E-state index contributed by atoms with van der Waals surface area (Å²) in [4.78, 5) is 14.5. The lowest BCUT2D eigenvalue weighted by Crippen LogP contribution is -2.54. The molecule has 0 radical (unpaired) electrons. The Bertz CT molecular complexity index is 556. The molecule has 21 heavy (non-hydrogen) atoms. The van der Waals surface area contributed by atoms with Crippen LogP contribution in [0.5, 0.6) is 0 Å². The molecule has 0 aromatic heterocycles. The van der Waals surface area contributed by atoms with Crippen LogP contribution in [0.25, 0.3) is 0 Å². The number of carbonyl (C=O) groups is 1. The molecule has 3 rings (SSSR count). The van der Waals surface area contributed by atoms with Gasteiger partial charge in [-0.25, -0.2) is 0 Å². The lowest BCUT2D eigenvalue weighted by Gasteiger charge is -2.35. The molecule has 1 aliphatic heterocycles. The predicted molar refractivity (Wildman–Crippen MR) is 88.2 cm³/mol. The van der Waals surface area contributed by atoms with Crippen LogP contribution in [0.1, 0.15) is 36.8 Å². The minimum Gasteiger partial charge on any atom is -0.336 e. The zero-order valence-electron chi connectivity index (χ0n) is 11.7. The Balaban J connectivity index is 0.00000161. The molecule has 0 atom stereocenters. The van der Waals surface area contributed by atoms with Gasteiger partial charge in [-0.3, -0.25) is 4.79 Å². The average Bonchev–Trinajstić information content (AvgIpc) is 2.85. The van der Waals surface area contributed by atoms with Gasteiger partial charge in [-0.1, -0.05) is 36.0 Å². The van der Waals surface area contributed by atoms with Gasteiger partial charge in [0.25, 0.3) is 0 Å². The first-order valence-corrected chi connectivity index (χ1v) is 7.80. The third kappa shape index (κ3) is 3.16. The third-order valence-electron chi connectivity index (χ3n) is 4.46. The van der Waals surface area contributed by atoms with Crippen LogP contribution in [0, 0.1) is 0 Å². The molecule has 1 saturated carbocycles. The molecule has 1 amide bonds. The van der Waals surface area contributed by atoms with Gasteiger partial charge in [-0.05, 0) is 42.5 Å². The number of hydrogen-bond acceptors (Lipinski definition) is 2. The van der Waals surface area contributed by atoms with E-state index in [9.17, 15) is 4.79 Å². The maximum atomic E-state index is 12.6. The van der Waals surface area contributed by atoms with E-state index in [-0.39, 0.29) is 18.3 Å². The second-order valence-corrected chi connectivity index (χ2v) is 6.71. The predicted octanol–water partition coefficient (Wildman–Crippen LogP) is 3.57. The number of hydrogen-bond donors (Lipinski definition) is 1. The average molecular weight is 350 g/mol. The standard InChI is InChI=1S/C15H18Cl2N2O.ClH/c16-11-7-10-3-6-19(9-12(10)13(17)8-11)14(20)15(18)4-1-2-5-15;/h7-8H,1-6,9,18H2;1H. The largest absolute Gasteiger partial charge is 0.336 e. The molecule has 0 unspecified atom stereocenters. The monoisotopic (exact) mass is 348 g/mol. The summed E-state index contributed by atoms with van der Waals surface area (Å²) in [5.41, 5.74) is 7.77. The maximum Gasteiger partial charge on any atom is 0.242 e. The summed E-state index contributed by atoms with van der Waals surface area (Å²) in [5, 5.41) is 1.29. The third-order valence-corrected chi connectivity index (χ3v) is 5.02. The molecule has 2 aliphatic rings. The molecule has 1 aromatic carbocycles. The van der Waals surface area contributed by atoms with Crippen LogP contribution in [0.15, 0.2) is 12.1 Å². The quantitative estimate of drug-likeness (QED) is 0.842. The number of nitrogens with two attached hydrogens (primary N) is 1. The van der Waals surface area contributed by atoms with Crippen molar-refractivity contribution in [3.05, 3.63) is 33.3 Å². The van der Waals surface area contributed by atoms with Crippen molar-refractivity contribution in [2.75, 3.05) is 6.54 Å². The molecular weight excluding hydrogens is 331 g/mol. The number of rotatable bonds is 1. The van der Waals surface area contributed by atoms with E-state index in [1.54, 1.807) is 6.07 Å². The van der Waals surface area contributed by atoms with E-state index in [4.69, 9.17) is 28.9 Å². The highest BCUT2D eigenvalue weighted by atomic mass is 35.5. The summed E-state index contributed by atoms with van der Waals surface area (Å²) in [6.07, 6.45) is 4.47. The molecule has 0 saturated heterocycles. The Kier molecular flexibility index (Phi) is 5.09. The summed E-state index contributed by atoms with van der Waals surface area (Å²) in [7, 11) is 0. The molecule has 6 heteroatoms. The summed E-state index contributed by atoms with van der Waals surface area (Å²) < 4.78 is 0. The molecule has 1 aliphatic carbocycles. The SMILES string of the molecule is Cl.NC1(C(=O)N2CCc3cc(Cl)cc(Cl)c3C2)CCCC1. The van der Waals surface area contributed by atoms with Crippen LogP contribution in [-0.4, -0.2) is 22.9 Å². The van der Waals surface area contributed by atoms with Crippen molar-refractivity contribution in [3.8, 4) is 0 Å². The maximum absolute atomic E-state index is 12.6. The van der Waals surface area contributed by atoms with E-state index in [0.29, 0.717) is 23.1 Å². The first-order valence-electron chi connectivity index (χ1n) is 7.05.